The normalized spacial score (nSPS) is 19.4. The SMILES string of the molecule is CS(N)(=O)=CCNC(=O)c1ccc(C2=CC(c3cc(Cl)cc(Cl)c3)(C(F)(F)F)ON2)c2ccccc12. The molecule has 0 saturated heterocycles. The van der Waals surface area contributed by atoms with Crippen molar-refractivity contribution in [2.75, 3.05) is 12.8 Å². The van der Waals surface area contributed by atoms with E-state index < -0.39 is 27.4 Å². The number of carbonyl (C=O) groups excluding carboxylic acids is 1. The molecule has 12 heteroatoms. The standard InChI is InChI=1S/C24H20Cl2F3N3O3S/c1-36(30,34)9-8-31-22(33)20-7-6-19(17-4-2-3-5-18(17)20)21-13-23(35-32-21,24(27,28)29)14-10-15(25)12-16(26)11-14/h2-7,9-13,32H,8H2,1H3,(H2,30,34)(H,31,33). The van der Waals surface area contributed by atoms with Crippen molar-refractivity contribution in [2.45, 2.75) is 11.8 Å². The van der Waals surface area contributed by atoms with Gasteiger partial charge in [0.15, 0.2) is 0 Å². The fourth-order valence-electron chi connectivity index (χ4n) is 3.87. The zero-order chi connectivity index (χ0) is 26.3. The first-order chi connectivity index (χ1) is 16.8. The molecule has 0 saturated carbocycles. The Kier molecular flexibility index (Phi) is 7.02. The van der Waals surface area contributed by atoms with Gasteiger partial charge in [-0.3, -0.25) is 24.5 Å². The van der Waals surface area contributed by atoms with Crippen molar-refractivity contribution in [1.82, 2.24) is 10.8 Å². The highest BCUT2D eigenvalue weighted by atomic mass is 35.5. The van der Waals surface area contributed by atoms with Gasteiger partial charge in [0, 0.05) is 54.6 Å². The number of hydrogen-bond donors (Lipinski definition) is 3. The Morgan fingerprint density at radius 3 is 2.39 bits per heavy atom. The summed E-state index contributed by atoms with van der Waals surface area (Å²) >= 11 is 11.9. The molecule has 1 amide bonds. The van der Waals surface area contributed by atoms with Crippen molar-refractivity contribution in [2.24, 2.45) is 5.14 Å². The van der Waals surface area contributed by atoms with Crippen molar-refractivity contribution in [3.8, 4) is 0 Å². The van der Waals surface area contributed by atoms with Gasteiger partial charge in [0.05, 0.1) is 5.70 Å². The highest BCUT2D eigenvalue weighted by Crippen LogP contribution is 2.48. The van der Waals surface area contributed by atoms with Crippen molar-refractivity contribution >= 4 is 60.7 Å². The van der Waals surface area contributed by atoms with Gasteiger partial charge >= 0.3 is 6.18 Å². The lowest BCUT2D eigenvalue weighted by Crippen LogP contribution is -2.42. The maximum Gasteiger partial charge on any atom is 0.428 e. The minimum Gasteiger partial charge on any atom is -0.348 e. The van der Waals surface area contributed by atoms with Gasteiger partial charge in [-0.15, -0.1) is 0 Å². The Balaban J connectivity index is 1.80. The molecule has 0 radical (unpaired) electrons. The molecule has 0 aliphatic carbocycles. The highest BCUT2D eigenvalue weighted by Gasteiger charge is 2.59. The molecule has 1 aliphatic rings. The molecule has 2 atom stereocenters. The van der Waals surface area contributed by atoms with Crippen molar-refractivity contribution in [1.29, 1.82) is 0 Å². The quantitative estimate of drug-likeness (QED) is 0.393. The predicted molar refractivity (Wildman–Crippen MR) is 137 cm³/mol. The molecule has 6 nitrogen and oxygen atoms in total. The minimum absolute atomic E-state index is 0.0163. The minimum atomic E-state index is -4.86. The van der Waals surface area contributed by atoms with Gasteiger partial charge in [-0.2, -0.15) is 13.2 Å². The number of carbonyl (C=O) groups is 1. The molecule has 1 heterocycles. The summed E-state index contributed by atoms with van der Waals surface area (Å²) < 4.78 is 54.7. The maximum atomic E-state index is 14.4. The van der Waals surface area contributed by atoms with Crippen LogP contribution in [0, 0.1) is 0 Å². The molecule has 0 bridgehead atoms. The van der Waals surface area contributed by atoms with Gasteiger partial charge in [0.2, 0.25) is 5.60 Å². The van der Waals surface area contributed by atoms with E-state index in [0.29, 0.717) is 16.3 Å². The summed E-state index contributed by atoms with van der Waals surface area (Å²) in [5, 5.41) is 10.4. The Labute approximate surface area is 215 Å². The number of rotatable bonds is 5. The van der Waals surface area contributed by atoms with Crippen LogP contribution in [0.2, 0.25) is 10.0 Å². The van der Waals surface area contributed by atoms with Crippen LogP contribution in [-0.4, -0.2) is 34.5 Å². The topological polar surface area (TPSA) is 93.5 Å². The molecule has 0 spiro atoms. The van der Waals surface area contributed by atoms with E-state index in [0.717, 1.165) is 18.2 Å². The molecule has 0 fully saturated rings. The van der Waals surface area contributed by atoms with E-state index in [1.165, 1.54) is 29.8 Å². The predicted octanol–water partition coefficient (Wildman–Crippen LogP) is 4.80. The van der Waals surface area contributed by atoms with Crippen LogP contribution < -0.4 is 15.9 Å². The zero-order valence-corrected chi connectivity index (χ0v) is 21.0. The second-order valence-corrected chi connectivity index (χ2v) is 11.3. The number of nitrogens with two attached hydrogens (primary N) is 1. The number of alkyl halides is 3. The summed E-state index contributed by atoms with van der Waals surface area (Å²) in [6.45, 7) is -0.0163. The Bertz CT molecular complexity index is 1490. The smallest absolute Gasteiger partial charge is 0.348 e. The first kappa shape index (κ1) is 26.3. The number of amides is 1. The largest absolute Gasteiger partial charge is 0.428 e. The van der Waals surface area contributed by atoms with E-state index in [9.17, 15) is 22.2 Å². The van der Waals surface area contributed by atoms with Crippen molar-refractivity contribution < 1.29 is 27.0 Å². The summed E-state index contributed by atoms with van der Waals surface area (Å²) in [7, 11) is -2.64. The lowest BCUT2D eigenvalue weighted by atomic mass is 9.90. The van der Waals surface area contributed by atoms with Crippen LogP contribution in [0.1, 0.15) is 21.5 Å². The van der Waals surface area contributed by atoms with Crippen LogP contribution in [0.25, 0.3) is 16.5 Å². The third-order valence-electron chi connectivity index (χ3n) is 5.52. The van der Waals surface area contributed by atoms with E-state index in [2.05, 4.69) is 10.8 Å². The number of hydrogen-bond acceptors (Lipinski definition) is 4. The molecule has 2 unspecified atom stereocenters. The van der Waals surface area contributed by atoms with Gasteiger partial charge < -0.3 is 5.32 Å². The number of halogens is 5. The molecule has 4 rings (SSSR count). The Morgan fingerprint density at radius 2 is 1.78 bits per heavy atom. The molecule has 3 aromatic carbocycles. The van der Waals surface area contributed by atoms with Gasteiger partial charge in [0.25, 0.3) is 5.91 Å². The Morgan fingerprint density at radius 1 is 1.14 bits per heavy atom. The van der Waals surface area contributed by atoms with Gasteiger partial charge in [0.1, 0.15) is 0 Å². The molecule has 1 aliphatic heterocycles. The maximum absolute atomic E-state index is 14.4. The van der Waals surface area contributed by atoms with Gasteiger partial charge in [-0.05, 0) is 41.1 Å². The second kappa shape index (κ2) is 9.60. The summed E-state index contributed by atoms with van der Waals surface area (Å²) in [4.78, 5) is 17.9. The molecular formula is C24H20Cl2F3N3O3S. The number of benzene rings is 3. The van der Waals surface area contributed by atoms with E-state index in [4.69, 9.17) is 33.2 Å². The van der Waals surface area contributed by atoms with Crippen LogP contribution in [0.5, 0.6) is 0 Å². The lowest BCUT2D eigenvalue weighted by Gasteiger charge is -2.28. The molecule has 36 heavy (non-hydrogen) atoms. The van der Waals surface area contributed by atoms with Crippen LogP contribution in [-0.2, 0) is 20.1 Å². The molecule has 190 valence electrons. The van der Waals surface area contributed by atoms with Gasteiger partial charge in [-0.25, -0.2) is 0 Å². The fourth-order valence-corrected chi connectivity index (χ4v) is 4.81. The molecular weight excluding hydrogens is 538 g/mol. The first-order valence-electron chi connectivity index (χ1n) is 10.4. The van der Waals surface area contributed by atoms with Crippen LogP contribution in [0.4, 0.5) is 13.2 Å². The van der Waals surface area contributed by atoms with E-state index in [1.54, 1.807) is 24.3 Å². The highest BCUT2D eigenvalue weighted by molar-refractivity contribution is 7.98. The van der Waals surface area contributed by atoms with E-state index in [1.807, 2.05) is 0 Å². The Hall–Kier alpha value is -2.76. The van der Waals surface area contributed by atoms with E-state index in [-0.39, 0.29) is 33.4 Å². The third-order valence-corrected chi connectivity index (χ3v) is 6.78. The lowest BCUT2D eigenvalue weighted by molar-refractivity contribution is -0.269. The van der Waals surface area contributed by atoms with Crippen LogP contribution in [0.15, 0.2) is 60.7 Å². The van der Waals surface area contributed by atoms with Crippen LogP contribution in [0.3, 0.4) is 0 Å². The number of nitrogens with one attached hydrogen (secondary N) is 2. The van der Waals surface area contributed by atoms with Crippen LogP contribution >= 0.6 is 23.2 Å². The monoisotopic (exact) mass is 557 g/mol. The summed E-state index contributed by atoms with van der Waals surface area (Å²) in [5.41, 5.74) is -0.0236. The summed E-state index contributed by atoms with van der Waals surface area (Å²) in [6, 6.07) is 13.4. The molecule has 3 aromatic rings. The van der Waals surface area contributed by atoms with E-state index >= 15 is 0 Å². The molecule has 0 aromatic heterocycles. The van der Waals surface area contributed by atoms with Crippen molar-refractivity contribution in [3.63, 3.8) is 0 Å². The van der Waals surface area contributed by atoms with Crippen molar-refractivity contribution in [3.05, 3.63) is 87.4 Å². The number of fused-ring (bicyclic) bond motifs is 1. The zero-order valence-electron chi connectivity index (χ0n) is 18.7. The third kappa shape index (κ3) is 5.18. The second-order valence-electron chi connectivity index (χ2n) is 8.20. The average molecular weight is 558 g/mol. The van der Waals surface area contributed by atoms with Gasteiger partial charge in [-0.1, -0.05) is 53.5 Å². The first-order valence-corrected chi connectivity index (χ1v) is 13.3. The molecule has 4 N–H and O–H groups in total. The fraction of sp³-hybridized carbons (Fsp3) is 0.167. The summed E-state index contributed by atoms with van der Waals surface area (Å²) in [5.74, 6) is -0.458. The summed E-state index contributed by atoms with van der Waals surface area (Å²) in [6.07, 6.45) is -2.60. The average Bonchev–Trinajstić information content (AvgIpc) is 3.23. The number of hydroxylamine groups is 1.